The van der Waals surface area contributed by atoms with Gasteiger partial charge >= 0.3 is 0 Å². The first-order valence-electron chi connectivity index (χ1n) is 6.71. The van der Waals surface area contributed by atoms with E-state index < -0.39 is 0 Å². The number of methoxy groups -OCH3 is 1. The molecule has 0 aliphatic heterocycles. The van der Waals surface area contributed by atoms with E-state index in [1.807, 2.05) is 49.2 Å². The summed E-state index contributed by atoms with van der Waals surface area (Å²) in [5.41, 5.74) is 0.996. The maximum Gasteiger partial charge on any atom is 0.138 e. The summed E-state index contributed by atoms with van der Waals surface area (Å²) in [7, 11) is 3.58. The summed E-state index contributed by atoms with van der Waals surface area (Å²) in [6.45, 7) is 1.93. The van der Waals surface area contributed by atoms with Gasteiger partial charge in [0.2, 0.25) is 0 Å². The molecule has 0 aliphatic rings. The molecule has 1 aromatic heterocycles. The number of ether oxygens (including phenoxy) is 1. The maximum absolute atomic E-state index is 9.07. The van der Waals surface area contributed by atoms with Gasteiger partial charge < -0.3 is 20.1 Å². The Morgan fingerprint density at radius 2 is 2.00 bits per heavy atom. The number of anilines is 3. The van der Waals surface area contributed by atoms with Crippen LogP contribution in [0.25, 0.3) is 0 Å². The van der Waals surface area contributed by atoms with E-state index in [0.717, 1.165) is 17.3 Å². The van der Waals surface area contributed by atoms with Gasteiger partial charge in [-0.3, -0.25) is 0 Å². The van der Waals surface area contributed by atoms with E-state index in [9.17, 15) is 0 Å². The van der Waals surface area contributed by atoms with Crippen molar-refractivity contribution in [2.24, 2.45) is 0 Å². The van der Waals surface area contributed by atoms with E-state index in [1.54, 1.807) is 7.11 Å². The molecule has 1 unspecified atom stereocenters. The molecule has 2 aromatic rings. The number of nitrogens with zero attached hydrogens (tertiary/aromatic N) is 3. The van der Waals surface area contributed by atoms with Crippen molar-refractivity contribution in [1.82, 2.24) is 9.97 Å². The summed E-state index contributed by atoms with van der Waals surface area (Å²) in [6, 6.07) is 9.52. The number of aliphatic hydroxyl groups is 1. The third-order valence-electron chi connectivity index (χ3n) is 3.12. The minimum atomic E-state index is -0.0564. The highest BCUT2D eigenvalue weighted by molar-refractivity contribution is 5.62. The molecule has 0 saturated carbocycles. The molecule has 6 nitrogen and oxygen atoms in total. The third kappa shape index (κ3) is 3.82. The van der Waals surface area contributed by atoms with Gasteiger partial charge in [0.05, 0.1) is 13.7 Å². The smallest absolute Gasteiger partial charge is 0.138 e. The monoisotopic (exact) mass is 288 g/mol. The Hall–Kier alpha value is -2.34. The zero-order chi connectivity index (χ0) is 15.2. The number of aromatic nitrogens is 2. The quantitative estimate of drug-likeness (QED) is 0.847. The molecule has 0 saturated heterocycles. The first-order valence-corrected chi connectivity index (χ1v) is 6.71. The molecule has 0 aliphatic carbocycles. The predicted molar refractivity (Wildman–Crippen MR) is 83.3 cm³/mol. The van der Waals surface area contributed by atoms with Gasteiger partial charge in [-0.05, 0) is 31.2 Å². The second-order valence-corrected chi connectivity index (χ2v) is 4.75. The molecule has 6 heteroatoms. The lowest BCUT2D eigenvalue weighted by Gasteiger charge is -2.19. The fourth-order valence-electron chi connectivity index (χ4n) is 1.85. The minimum Gasteiger partial charge on any atom is -0.497 e. The number of rotatable bonds is 6. The second-order valence-electron chi connectivity index (χ2n) is 4.75. The average Bonchev–Trinajstić information content (AvgIpc) is 2.54. The molecule has 1 atom stereocenters. The summed E-state index contributed by atoms with van der Waals surface area (Å²) < 4.78 is 5.15. The zero-order valence-electron chi connectivity index (χ0n) is 12.4. The summed E-state index contributed by atoms with van der Waals surface area (Å²) in [6.07, 6.45) is 1.50. The van der Waals surface area contributed by atoms with Crippen LogP contribution < -0.4 is 15.0 Å². The topological polar surface area (TPSA) is 70.5 Å². The highest BCUT2D eigenvalue weighted by atomic mass is 16.5. The summed E-state index contributed by atoms with van der Waals surface area (Å²) in [5.74, 6) is 2.26. The van der Waals surface area contributed by atoms with E-state index in [1.165, 1.54) is 6.33 Å². The van der Waals surface area contributed by atoms with Crippen LogP contribution in [0.3, 0.4) is 0 Å². The van der Waals surface area contributed by atoms with E-state index in [2.05, 4.69) is 15.3 Å². The third-order valence-corrected chi connectivity index (χ3v) is 3.12. The Bertz CT molecular complexity index is 574. The fourth-order valence-corrected chi connectivity index (χ4v) is 1.85. The van der Waals surface area contributed by atoms with Crippen LogP contribution in [0.4, 0.5) is 17.3 Å². The van der Waals surface area contributed by atoms with Crippen LogP contribution >= 0.6 is 0 Å². The lowest BCUT2D eigenvalue weighted by atomic mass is 10.3. The first kappa shape index (κ1) is 15.1. The molecule has 2 rings (SSSR count). The molecule has 1 aromatic carbocycles. The van der Waals surface area contributed by atoms with E-state index in [4.69, 9.17) is 9.84 Å². The van der Waals surface area contributed by atoms with Gasteiger partial charge in [0.25, 0.3) is 0 Å². The van der Waals surface area contributed by atoms with Crippen LogP contribution in [0, 0.1) is 0 Å². The Kier molecular flexibility index (Phi) is 4.94. The number of hydrogen-bond donors (Lipinski definition) is 2. The van der Waals surface area contributed by atoms with Crippen molar-refractivity contribution in [1.29, 1.82) is 0 Å². The van der Waals surface area contributed by atoms with Crippen LogP contribution in [0.2, 0.25) is 0 Å². The predicted octanol–water partition coefficient (Wildman–Crippen LogP) is 2.05. The van der Waals surface area contributed by atoms with Crippen molar-refractivity contribution >= 4 is 17.3 Å². The highest BCUT2D eigenvalue weighted by Crippen LogP contribution is 2.24. The van der Waals surface area contributed by atoms with E-state index >= 15 is 0 Å². The summed E-state index contributed by atoms with van der Waals surface area (Å²) in [5, 5.41) is 12.2. The van der Waals surface area contributed by atoms with Crippen LogP contribution in [0.5, 0.6) is 5.75 Å². The SMILES string of the molecule is COc1ccc(N(C)c2cc(NC(C)CO)ncn2)cc1. The maximum atomic E-state index is 9.07. The molecular weight excluding hydrogens is 268 g/mol. The van der Waals surface area contributed by atoms with Gasteiger partial charge in [0, 0.05) is 24.8 Å². The second kappa shape index (κ2) is 6.90. The largest absolute Gasteiger partial charge is 0.497 e. The standard InChI is InChI=1S/C15H20N4O2/c1-11(9-20)18-14-8-15(17-10-16-14)19(2)12-4-6-13(21-3)7-5-12/h4-8,10-11,20H,9H2,1-3H3,(H,16,17,18). The molecule has 1 heterocycles. The molecular formula is C15H20N4O2. The number of nitrogens with one attached hydrogen (secondary N) is 1. The van der Waals surface area contributed by atoms with Crippen LogP contribution in [-0.2, 0) is 0 Å². The summed E-state index contributed by atoms with van der Waals surface area (Å²) >= 11 is 0. The number of benzene rings is 1. The van der Waals surface area contributed by atoms with Gasteiger partial charge in [-0.15, -0.1) is 0 Å². The van der Waals surface area contributed by atoms with Crippen molar-refractivity contribution in [2.75, 3.05) is 31.0 Å². The zero-order valence-corrected chi connectivity index (χ0v) is 12.4. The molecule has 0 bridgehead atoms. The normalized spacial score (nSPS) is 11.8. The van der Waals surface area contributed by atoms with Gasteiger partial charge in [-0.1, -0.05) is 0 Å². The molecule has 21 heavy (non-hydrogen) atoms. The van der Waals surface area contributed by atoms with Crippen LogP contribution in [0.1, 0.15) is 6.92 Å². The lowest BCUT2D eigenvalue weighted by molar-refractivity contribution is 0.281. The fraction of sp³-hybridized carbons (Fsp3) is 0.333. The van der Waals surface area contributed by atoms with Crippen LogP contribution in [-0.4, -0.2) is 41.9 Å². The van der Waals surface area contributed by atoms with Gasteiger partial charge in [0.15, 0.2) is 0 Å². The van der Waals surface area contributed by atoms with Crippen molar-refractivity contribution < 1.29 is 9.84 Å². The van der Waals surface area contributed by atoms with E-state index in [0.29, 0.717) is 5.82 Å². The molecule has 0 radical (unpaired) electrons. The number of aliphatic hydroxyl groups excluding tert-OH is 1. The van der Waals surface area contributed by atoms with Gasteiger partial charge in [0.1, 0.15) is 23.7 Å². The Balaban J connectivity index is 2.17. The van der Waals surface area contributed by atoms with Crippen molar-refractivity contribution in [3.05, 3.63) is 36.7 Å². The average molecular weight is 288 g/mol. The van der Waals surface area contributed by atoms with Crippen LogP contribution in [0.15, 0.2) is 36.7 Å². The molecule has 2 N–H and O–H groups in total. The molecule has 0 amide bonds. The molecule has 112 valence electrons. The first-order chi connectivity index (χ1) is 10.1. The van der Waals surface area contributed by atoms with Crippen molar-refractivity contribution in [3.8, 4) is 5.75 Å². The van der Waals surface area contributed by atoms with Crippen molar-refractivity contribution in [2.45, 2.75) is 13.0 Å². The van der Waals surface area contributed by atoms with Gasteiger partial charge in [-0.25, -0.2) is 9.97 Å². The molecule has 0 fully saturated rings. The Labute approximate surface area is 124 Å². The Morgan fingerprint density at radius 1 is 1.29 bits per heavy atom. The minimum absolute atomic E-state index is 0.0493. The van der Waals surface area contributed by atoms with Gasteiger partial charge in [-0.2, -0.15) is 0 Å². The molecule has 0 spiro atoms. The van der Waals surface area contributed by atoms with E-state index in [-0.39, 0.29) is 12.6 Å². The highest BCUT2D eigenvalue weighted by Gasteiger charge is 2.08. The number of hydrogen-bond acceptors (Lipinski definition) is 6. The van der Waals surface area contributed by atoms with Crippen molar-refractivity contribution in [3.63, 3.8) is 0 Å². The lowest BCUT2D eigenvalue weighted by Crippen LogP contribution is -2.20. The summed E-state index contributed by atoms with van der Waals surface area (Å²) in [4.78, 5) is 10.4. The Morgan fingerprint density at radius 3 is 2.62 bits per heavy atom.